The maximum Gasteiger partial charge on any atom is 0.315 e. The van der Waals surface area contributed by atoms with E-state index in [0.717, 1.165) is 24.0 Å². The molecule has 33 heavy (non-hydrogen) atoms. The van der Waals surface area contributed by atoms with Crippen LogP contribution in [0.2, 0.25) is 0 Å². The molecule has 0 aliphatic carbocycles. The number of hydrogen-bond donors (Lipinski definition) is 2. The highest BCUT2D eigenvalue weighted by molar-refractivity contribution is 5.91. The second kappa shape index (κ2) is 11.2. The Kier molecular flexibility index (Phi) is 7.59. The molecule has 0 atom stereocenters. The van der Waals surface area contributed by atoms with E-state index in [-0.39, 0.29) is 18.0 Å². The van der Waals surface area contributed by atoms with Crippen molar-refractivity contribution in [2.45, 2.75) is 18.9 Å². The monoisotopic (exact) mass is 443 g/mol. The number of piperidine rings is 1. The van der Waals surface area contributed by atoms with Crippen molar-refractivity contribution in [3.05, 3.63) is 102 Å². The number of nitrogens with zero attached hydrogens (tertiary/aromatic N) is 1. The zero-order chi connectivity index (χ0) is 22.9. The maximum atomic E-state index is 12.7. The molecule has 2 N–H and O–H groups in total. The molecule has 0 bridgehead atoms. The summed E-state index contributed by atoms with van der Waals surface area (Å²) in [6.45, 7) is 1.96. The number of amides is 3. The van der Waals surface area contributed by atoms with Crippen LogP contribution in [-0.4, -0.2) is 36.5 Å². The number of urea groups is 1. The molecule has 1 aliphatic rings. The Bertz CT molecular complexity index is 1000. The van der Waals surface area contributed by atoms with Gasteiger partial charge in [0.05, 0.1) is 12.3 Å². The number of carbonyl (C=O) groups is 2. The first-order chi connectivity index (χ1) is 16.2. The Morgan fingerprint density at radius 3 is 2.15 bits per heavy atom. The van der Waals surface area contributed by atoms with Gasteiger partial charge in [0, 0.05) is 25.7 Å². The van der Waals surface area contributed by atoms with Gasteiger partial charge in [0.25, 0.3) is 0 Å². The van der Waals surface area contributed by atoms with E-state index in [0.29, 0.717) is 31.3 Å². The quantitative estimate of drug-likeness (QED) is 0.523. The minimum Gasteiger partial charge on any atom is -0.465 e. The minimum atomic E-state index is -0.215. The average molecular weight is 444 g/mol. The lowest BCUT2D eigenvalue weighted by atomic mass is 9.96. The normalized spacial score (nSPS) is 14.5. The van der Waals surface area contributed by atoms with Gasteiger partial charge in [-0.05, 0) is 48.1 Å². The van der Waals surface area contributed by atoms with Gasteiger partial charge in [0.2, 0.25) is 5.91 Å². The fourth-order valence-corrected chi connectivity index (χ4v) is 4.07. The third-order valence-electron chi connectivity index (χ3n) is 5.95. The van der Waals surface area contributed by atoms with E-state index in [9.17, 15) is 9.59 Å². The van der Waals surface area contributed by atoms with E-state index in [1.165, 1.54) is 0 Å². The highest BCUT2D eigenvalue weighted by Crippen LogP contribution is 2.22. The molecule has 6 heteroatoms. The molecule has 3 amide bonds. The smallest absolute Gasteiger partial charge is 0.315 e. The van der Waals surface area contributed by atoms with Gasteiger partial charge in [-0.1, -0.05) is 60.7 Å². The molecule has 1 saturated heterocycles. The van der Waals surface area contributed by atoms with Gasteiger partial charge >= 0.3 is 6.03 Å². The summed E-state index contributed by atoms with van der Waals surface area (Å²) in [5, 5.41) is 6.14. The molecule has 1 aromatic heterocycles. The number of carbonyl (C=O) groups excluding carboxylic acids is 2. The number of benzene rings is 2. The lowest BCUT2D eigenvalue weighted by Crippen LogP contribution is -2.44. The van der Waals surface area contributed by atoms with Gasteiger partial charge < -0.3 is 20.0 Å². The average Bonchev–Trinajstić information content (AvgIpc) is 3.40. The van der Waals surface area contributed by atoms with Crippen LogP contribution < -0.4 is 10.6 Å². The summed E-state index contributed by atoms with van der Waals surface area (Å²) in [7, 11) is 0. The van der Waals surface area contributed by atoms with Gasteiger partial charge in [0.1, 0.15) is 5.76 Å². The van der Waals surface area contributed by atoms with Crippen molar-refractivity contribution in [2.75, 3.05) is 19.6 Å². The molecular weight excluding hydrogens is 414 g/mol. The van der Waals surface area contributed by atoms with E-state index in [1.807, 2.05) is 71.6 Å². The molecule has 2 aromatic carbocycles. The van der Waals surface area contributed by atoms with E-state index >= 15 is 0 Å². The molecule has 3 aromatic rings. The summed E-state index contributed by atoms with van der Waals surface area (Å²) in [6, 6.07) is 23.1. The standard InChI is InChI=1S/C27H29N3O3/c31-25(14-13-24-12-7-19-33-24)30-17-15-21(16-18-30)20-28-27(32)29-26(22-8-3-1-4-9-22)23-10-5-2-6-11-23/h1-14,19,21,26H,15-18,20H2,(H2,28,29,32)/b14-13+. The van der Waals surface area contributed by atoms with Crippen molar-refractivity contribution in [3.63, 3.8) is 0 Å². The first kappa shape index (κ1) is 22.4. The van der Waals surface area contributed by atoms with Crippen LogP contribution in [0.4, 0.5) is 4.79 Å². The lowest BCUT2D eigenvalue weighted by molar-refractivity contribution is -0.127. The Morgan fingerprint density at radius 1 is 0.939 bits per heavy atom. The third-order valence-corrected chi connectivity index (χ3v) is 5.95. The molecule has 170 valence electrons. The second-order valence-electron chi connectivity index (χ2n) is 8.23. The van der Waals surface area contributed by atoms with E-state index in [2.05, 4.69) is 10.6 Å². The third kappa shape index (κ3) is 6.35. The van der Waals surface area contributed by atoms with E-state index in [4.69, 9.17) is 4.42 Å². The van der Waals surface area contributed by atoms with Crippen LogP contribution in [0.5, 0.6) is 0 Å². The van der Waals surface area contributed by atoms with Crippen LogP contribution >= 0.6 is 0 Å². The van der Waals surface area contributed by atoms with Crippen LogP contribution in [0.1, 0.15) is 35.8 Å². The molecular formula is C27H29N3O3. The molecule has 1 aliphatic heterocycles. The predicted octanol–water partition coefficient (Wildman–Crippen LogP) is 4.62. The lowest BCUT2D eigenvalue weighted by Gasteiger charge is -2.31. The fraction of sp³-hybridized carbons (Fsp3) is 0.259. The minimum absolute atomic E-state index is 0.0101. The molecule has 0 saturated carbocycles. The van der Waals surface area contributed by atoms with Gasteiger partial charge in [-0.3, -0.25) is 4.79 Å². The number of likely N-dealkylation sites (tertiary alicyclic amines) is 1. The summed E-state index contributed by atoms with van der Waals surface area (Å²) < 4.78 is 5.22. The van der Waals surface area contributed by atoms with Crippen molar-refractivity contribution >= 4 is 18.0 Å². The van der Waals surface area contributed by atoms with Gasteiger partial charge in [0.15, 0.2) is 0 Å². The highest BCUT2D eigenvalue weighted by Gasteiger charge is 2.23. The summed E-state index contributed by atoms with van der Waals surface area (Å²) >= 11 is 0. The molecule has 0 spiro atoms. The second-order valence-corrected chi connectivity index (χ2v) is 8.23. The van der Waals surface area contributed by atoms with Gasteiger partial charge in [-0.25, -0.2) is 4.79 Å². The topological polar surface area (TPSA) is 74.6 Å². The Balaban J connectivity index is 1.25. The fourth-order valence-electron chi connectivity index (χ4n) is 4.07. The predicted molar refractivity (Wildman–Crippen MR) is 128 cm³/mol. The van der Waals surface area contributed by atoms with Crippen molar-refractivity contribution < 1.29 is 14.0 Å². The molecule has 0 unspecified atom stereocenters. The van der Waals surface area contributed by atoms with Crippen LogP contribution in [0, 0.1) is 5.92 Å². The van der Waals surface area contributed by atoms with Crippen molar-refractivity contribution in [3.8, 4) is 0 Å². The molecule has 0 radical (unpaired) electrons. The Morgan fingerprint density at radius 2 is 1.58 bits per heavy atom. The largest absolute Gasteiger partial charge is 0.465 e. The van der Waals surface area contributed by atoms with Crippen LogP contribution in [0.3, 0.4) is 0 Å². The van der Waals surface area contributed by atoms with Crippen molar-refractivity contribution in [1.82, 2.24) is 15.5 Å². The van der Waals surface area contributed by atoms with E-state index in [1.54, 1.807) is 24.5 Å². The summed E-state index contributed by atoms with van der Waals surface area (Å²) in [4.78, 5) is 26.9. The molecule has 4 rings (SSSR count). The molecule has 6 nitrogen and oxygen atoms in total. The number of hydrogen-bond acceptors (Lipinski definition) is 3. The number of furan rings is 1. The SMILES string of the molecule is O=C(NCC1CCN(C(=O)/C=C/c2ccco2)CC1)NC(c1ccccc1)c1ccccc1. The number of nitrogens with one attached hydrogen (secondary N) is 2. The highest BCUT2D eigenvalue weighted by atomic mass is 16.3. The maximum absolute atomic E-state index is 12.7. The van der Waals surface area contributed by atoms with E-state index < -0.39 is 0 Å². The Hall–Kier alpha value is -3.80. The molecule has 2 heterocycles. The van der Waals surface area contributed by atoms with Crippen LogP contribution in [0.15, 0.2) is 89.6 Å². The van der Waals surface area contributed by atoms with Crippen LogP contribution in [0.25, 0.3) is 6.08 Å². The molecule has 1 fully saturated rings. The zero-order valence-electron chi connectivity index (χ0n) is 18.5. The first-order valence-electron chi connectivity index (χ1n) is 11.3. The zero-order valence-corrected chi connectivity index (χ0v) is 18.5. The van der Waals surface area contributed by atoms with Crippen molar-refractivity contribution in [2.24, 2.45) is 5.92 Å². The van der Waals surface area contributed by atoms with Gasteiger partial charge in [-0.2, -0.15) is 0 Å². The van der Waals surface area contributed by atoms with Gasteiger partial charge in [-0.15, -0.1) is 0 Å². The van der Waals surface area contributed by atoms with Crippen LogP contribution in [-0.2, 0) is 4.79 Å². The summed E-state index contributed by atoms with van der Waals surface area (Å²) in [5.41, 5.74) is 2.07. The number of rotatable bonds is 7. The Labute approximate surface area is 194 Å². The van der Waals surface area contributed by atoms with Crippen molar-refractivity contribution in [1.29, 1.82) is 0 Å². The first-order valence-corrected chi connectivity index (χ1v) is 11.3. The summed E-state index contributed by atoms with van der Waals surface area (Å²) in [5.74, 6) is 1.00. The summed E-state index contributed by atoms with van der Waals surface area (Å²) in [6.07, 6.45) is 6.55.